The van der Waals surface area contributed by atoms with Gasteiger partial charge in [0.1, 0.15) is 11.6 Å². The number of hydrogen-bond acceptors (Lipinski definition) is 3. The van der Waals surface area contributed by atoms with Crippen LogP contribution < -0.4 is 10.1 Å². The zero-order chi connectivity index (χ0) is 17.5. The van der Waals surface area contributed by atoms with Crippen LogP contribution in [-0.2, 0) is 6.42 Å². The highest BCUT2D eigenvalue weighted by Crippen LogP contribution is 2.23. The standard InChI is InChI=1S/C19H23FN2O2.ClH/c1-21-18(12-9-14-7-10-16(20)11-8-14)15-5-4-6-17(13-15)24-19(23)22(2)3;/h4-8,10-11,13,18,21H,9,12H2,1-3H3;1H. The molecule has 1 unspecified atom stereocenters. The van der Waals surface area contributed by atoms with E-state index < -0.39 is 6.09 Å². The monoisotopic (exact) mass is 366 g/mol. The van der Waals surface area contributed by atoms with Crippen molar-refractivity contribution in [3.05, 3.63) is 65.5 Å². The predicted octanol–water partition coefficient (Wildman–Crippen LogP) is 4.20. The molecule has 0 fully saturated rings. The number of ether oxygens (including phenoxy) is 1. The molecule has 0 saturated carbocycles. The lowest BCUT2D eigenvalue weighted by molar-refractivity contribution is 0.172. The summed E-state index contributed by atoms with van der Waals surface area (Å²) in [4.78, 5) is 13.0. The molecule has 136 valence electrons. The Morgan fingerprint density at radius 1 is 1.20 bits per heavy atom. The second kappa shape index (κ2) is 10.0. The number of hydrogen-bond donors (Lipinski definition) is 1. The second-order valence-corrected chi connectivity index (χ2v) is 5.84. The second-order valence-electron chi connectivity index (χ2n) is 5.84. The van der Waals surface area contributed by atoms with Crippen LogP contribution in [0.1, 0.15) is 23.6 Å². The quantitative estimate of drug-likeness (QED) is 0.833. The van der Waals surface area contributed by atoms with Crippen LogP contribution in [-0.4, -0.2) is 32.1 Å². The van der Waals surface area contributed by atoms with Gasteiger partial charge in [-0.3, -0.25) is 0 Å². The molecule has 0 heterocycles. The van der Waals surface area contributed by atoms with Gasteiger partial charge in [-0.2, -0.15) is 0 Å². The van der Waals surface area contributed by atoms with Gasteiger partial charge in [-0.05, 0) is 55.3 Å². The largest absolute Gasteiger partial charge is 0.414 e. The molecule has 6 heteroatoms. The average molecular weight is 367 g/mol. The maximum atomic E-state index is 13.0. The Bertz CT molecular complexity index is 677. The molecule has 0 saturated heterocycles. The molecule has 1 amide bonds. The molecule has 2 aromatic rings. The van der Waals surface area contributed by atoms with Gasteiger partial charge in [0, 0.05) is 20.1 Å². The summed E-state index contributed by atoms with van der Waals surface area (Å²) in [6, 6.07) is 14.2. The van der Waals surface area contributed by atoms with E-state index >= 15 is 0 Å². The Balaban J connectivity index is 0.00000312. The van der Waals surface area contributed by atoms with Crippen LogP contribution >= 0.6 is 12.4 Å². The van der Waals surface area contributed by atoms with Gasteiger partial charge in [0.05, 0.1) is 0 Å². The van der Waals surface area contributed by atoms with Crippen LogP contribution in [0.3, 0.4) is 0 Å². The van der Waals surface area contributed by atoms with Gasteiger partial charge in [-0.15, -0.1) is 12.4 Å². The fourth-order valence-electron chi connectivity index (χ4n) is 2.43. The average Bonchev–Trinajstić information content (AvgIpc) is 2.57. The summed E-state index contributed by atoms with van der Waals surface area (Å²) in [6.07, 6.45) is 1.28. The lowest BCUT2D eigenvalue weighted by atomic mass is 9.99. The number of nitrogens with zero attached hydrogens (tertiary/aromatic N) is 1. The van der Waals surface area contributed by atoms with Crippen molar-refractivity contribution in [3.63, 3.8) is 0 Å². The van der Waals surface area contributed by atoms with Gasteiger partial charge in [-0.1, -0.05) is 24.3 Å². The van der Waals surface area contributed by atoms with Gasteiger partial charge >= 0.3 is 6.09 Å². The molecule has 2 aromatic carbocycles. The van der Waals surface area contributed by atoms with Crippen LogP contribution in [0.15, 0.2) is 48.5 Å². The van der Waals surface area contributed by atoms with Crippen molar-refractivity contribution in [2.45, 2.75) is 18.9 Å². The number of rotatable bonds is 6. The SMILES string of the molecule is CNC(CCc1ccc(F)cc1)c1cccc(OC(=O)N(C)C)c1.Cl. The minimum absolute atomic E-state index is 0. The third kappa shape index (κ3) is 6.36. The van der Waals surface area contributed by atoms with E-state index in [0.29, 0.717) is 5.75 Å². The molecule has 1 atom stereocenters. The van der Waals surface area contributed by atoms with E-state index in [4.69, 9.17) is 4.74 Å². The first-order chi connectivity index (χ1) is 11.5. The lowest BCUT2D eigenvalue weighted by Gasteiger charge is -2.18. The Morgan fingerprint density at radius 3 is 2.48 bits per heavy atom. The molecular weight excluding hydrogens is 343 g/mol. The zero-order valence-electron chi connectivity index (χ0n) is 14.7. The summed E-state index contributed by atoms with van der Waals surface area (Å²) < 4.78 is 18.3. The molecule has 0 spiro atoms. The summed E-state index contributed by atoms with van der Waals surface area (Å²) in [5.74, 6) is 0.299. The maximum absolute atomic E-state index is 13.0. The number of aryl methyl sites for hydroxylation is 1. The first-order valence-corrected chi connectivity index (χ1v) is 7.90. The normalized spacial score (nSPS) is 11.4. The summed E-state index contributed by atoms with van der Waals surface area (Å²) in [5.41, 5.74) is 2.13. The van der Waals surface area contributed by atoms with E-state index in [1.807, 2.05) is 25.2 Å². The van der Waals surface area contributed by atoms with E-state index in [9.17, 15) is 9.18 Å². The third-order valence-corrected chi connectivity index (χ3v) is 3.81. The van der Waals surface area contributed by atoms with E-state index in [1.54, 1.807) is 32.3 Å². The van der Waals surface area contributed by atoms with Crippen LogP contribution in [0.25, 0.3) is 0 Å². The molecule has 25 heavy (non-hydrogen) atoms. The van der Waals surface area contributed by atoms with Crippen LogP contribution in [0, 0.1) is 5.82 Å². The molecule has 0 bridgehead atoms. The number of nitrogens with one attached hydrogen (secondary N) is 1. The molecule has 0 aliphatic rings. The van der Waals surface area contributed by atoms with E-state index in [1.165, 1.54) is 17.0 Å². The highest BCUT2D eigenvalue weighted by atomic mass is 35.5. The van der Waals surface area contributed by atoms with Gasteiger partial charge < -0.3 is 15.0 Å². The molecule has 4 nitrogen and oxygen atoms in total. The Labute approximate surface area is 154 Å². The molecule has 2 rings (SSSR count). The Morgan fingerprint density at radius 2 is 1.88 bits per heavy atom. The Hall–Kier alpha value is -2.11. The van der Waals surface area contributed by atoms with E-state index in [-0.39, 0.29) is 24.3 Å². The summed E-state index contributed by atoms with van der Waals surface area (Å²) >= 11 is 0. The van der Waals surface area contributed by atoms with Crippen LogP contribution in [0.2, 0.25) is 0 Å². The van der Waals surface area contributed by atoms with E-state index in [0.717, 1.165) is 24.0 Å². The number of halogens is 2. The van der Waals surface area contributed by atoms with Gasteiger partial charge in [-0.25, -0.2) is 9.18 Å². The topological polar surface area (TPSA) is 41.6 Å². The van der Waals surface area contributed by atoms with E-state index in [2.05, 4.69) is 5.32 Å². The minimum Gasteiger partial charge on any atom is -0.410 e. The van der Waals surface area contributed by atoms with Gasteiger partial charge in [0.2, 0.25) is 0 Å². The van der Waals surface area contributed by atoms with Crippen molar-refractivity contribution in [2.24, 2.45) is 0 Å². The van der Waals surface area contributed by atoms with Crippen molar-refractivity contribution >= 4 is 18.5 Å². The maximum Gasteiger partial charge on any atom is 0.414 e. The summed E-state index contributed by atoms with van der Waals surface area (Å²) in [6.45, 7) is 0. The predicted molar refractivity (Wildman–Crippen MR) is 99.9 cm³/mol. The Kier molecular flexibility index (Phi) is 8.38. The molecule has 0 radical (unpaired) electrons. The van der Waals surface area contributed by atoms with Crippen LogP contribution in [0.5, 0.6) is 5.75 Å². The first-order valence-electron chi connectivity index (χ1n) is 7.90. The number of carbonyl (C=O) groups is 1. The van der Waals surface area contributed by atoms with Crippen LogP contribution in [0.4, 0.5) is 9.18 Å². The number of benzene rings is 2. The van der Waals surface area contributed by atoms with Crippen molar-refractivity contribution < 1.29 is 13.9 Å². The fraction of sp³-hybridized carbons (Fsp3) is 0.316. The van der Waals surface area contributed by atoms with Gasteiger partial charge in [0.25, 0.3) is 0 Å². The summed E-state index contributed by atoms with van der Waals surface area (Å²) in [7, 11) is 5.18. The highest BCUT2D eigenvalue weighted by Gasteiger charge is 2.12. The molecule has 0 aromatic heterocycles. The molecule has 0 aliphatic carbocycles. The van der Waals surface area contributed by atoms with Crippen molar-refractivity contribution in [3.8, 4) is 5.75 Å². The highest BCUT2D eigenvalue weighted by molar-refractivity contribution is 5.85. The minimum atomic E-state index is -0.403. The smallest absolute Gasteiger partial charge is 0.410 e. The lowest BCUT2D eigenvalue weighted by Crippen LogP contribution is -2.25. The fourth-order valence-corrected chi connectivity index (χ4v) is 2.43. The third-order valence-electron chi connectivity index (χ3n) is 3.81. The molecule has 1 N–H and O–H groups in total. The first kappa shape index (κ1) is 20.9. The van der Waals surface area contributed by atoms with Crippen molar-refractivity contribution in [2.75, 3.05) is 21.1 Å². The summed E-state index contributed by atoms with van der Waals surface area (Å²) in [5, 5.41) is 3.28. The van der Waals surface area contributed by atoms with Crippen molar-refractivity contribution in [1.82, 2.24) is 10.2 Å². The van der Waals surface area contributed by atoms with Gasteiger partial charge in [0.15, 0.2) is 0 Å². The van der Waals surface area contributed by atoms with Crippen molar-refractivity contribution in [1.29, 1.82) is 0 Å². The molecule has 0 aliphatic heterocycles. The number of carbonyl (C=O) groups excluding carboxylic acids is 1. The number of amides is 1. The molecular formula is C19H24ClFN2O2. The zero-order valence-corrected chi connectivity index (χ0v) is 15.5.